The maximum Gasteiger partial charge on any atom is 0.260 e. The van der Waals surface area contributed by atoms with Gasteiger partial charge in [-0.3, -0.25) is 4.79 Å². The fourth-order valence-corrected chi connectivity index (χ4v) is 1.70. The van der Waals surface area contributed by atoms with Gasteiger partial charge in [0.1, 0.15) is 6.33 Å². The Morgan fingerprint density at radius 3 is 2.88 bits per heavy atom. The fraction of sp³-hybridized carbons (Fsp3) is 0.545. The van der Waals surface area contributed by atoms with Crippen molar-refractivity contribution in [2.75, 3.05) is 19.7 Å². The Kier molecular flexibility index (Phi) is 3.34. The summed E-state index contributed by atoms with van der Waals surface area (Å²) in [6.45, 7) is 3.63. The molecule has 1 aromatic rings. The third-order valence-electron chi connectivity index (χ3n) is 2.58. The van der Waals surface area contributed by atoms with E-state index in [0.29, 0.717) is 5.88 Å². The summed E-state index contributed by atoms with van der Waals surface area (Å²) in [5, 5.41) is 0. The summed E-state index contributed by atoms with van der Waals surface area (Å²) in [6, 6.07) is 1.72. The monoisotopic (exact) mass is 221 g/mol. The molecule has 16 heavy (non-hydrogen) atoms. The number of amides is 1. The number of carbonyl (C=O) groups is 1. The summed E-state index contributed by atoms with van der Waals surface area (Å²) in [7, 11) is 0. The third-order valence-corrected chi connectivity index (χ3v) is 2.58. The number of aryl methyl sites for hydroxylation is 1. The molecule has 1 fully saturated rings. The first-order valence-electron chi connectivity index (χ1n) is 5.45. The molecule has 0 aliphatic carbocycles. The normalized spacial score (nSPS) is 15.2. The van der Waals surface area contributed by atoms with E-state index in [-0.39, 0.29) is 12.5 Å². The number of hydrogen-bond acceptors (Lipinski definition) is 4. The molecule has 1 saturated heterocycles. The molecule has 5 nitrogen and oxygen atoms in total. The van der Waals surface area contributed by atoms with E-state index >= 15 is 0 Å². The summed E-state index contributed by atoms with van der Waals surface area (Å²) in [5.41, 5.74) is 0.832. The van der Waals surface area contributed by atoms with Gasteiger partial charge in [-0.05, 0) is 19.8 Å². The van der Waals surface area contributed by atoms with Crippen molar-refractivity contribution < 1.29 is 9.53 Å². The van der Waals surface area contributed by atoms with Crippen molar-refractivity contribution in [1.82, 2.24) is 14.9 Å². The molecule has 86 valence electrons. The molecule has 0 atom stereocenters. The van der Waals surface area contributed by atoms with E-state index in [2.05, 4.69) is 9.97 Å². The average Bonchev–Trinajstić information content (AvgIpc) is 2.79. The van der Waals surface area contributed by atoms with Gasteiger partial charge in [0.2, 0.25) is 5.88 Å². The zero-order valence-electron chi connectivity index (χ0n) is 9.35. The Morgan fingerprint density at radius 1 is 1.44 bits per heavy atom. The van der Waals surface area contributed by atoms with Gasteiger partial charge in [-0.2, -0.15) is 0 Å². The Labute approximate surface area is 94.5 Å². The zero-order chi connectivity index (χ0) is 11.4. The van der Waals surface area contributed by atoms with Gasteiger partial charge in [-0.25, -0.2) is 9.97 Å². The third kappa shape index (κ3) is 2.68. The van der Waals surface area contributed by atoms with Crippen LogP contribution in [0.2, 0.25) is 0 Å². The van der Waals surface area contributed by atoms with Crippen molar-refractivity contribution in [3.63, 3.8) is 0 Å². The highest BCUT2D eigenvalue weighted by atomic mass is 16.5. The van der Waals surface area contributed by atoms with Crippen LogP contribution in [0, 0.1) is 6.92 Å². The van der Waals surface area contributed by atoms with Crippen LogP contribution < -0.4 is 4.74 Å². The summed E-state index contributed by atoms with van der Waals surface area (Å²) in [6.07, 6.45) is 3.63. The highest BCUT2D eigenvalue weighted by molar-refractivity contribution is 5.77. The largest absolute Gasteiger partial charge is 0.467 e. The lowest BCUT2D eigenvalue weighted by Crippen LogP contribution is -2.32. The van der Waals surface area contributed by atoms with Crippen LogP contribution in [0.1, 0.15) is 18.5 Å². The molecule has 0 spiro atoms. The molecule has 1 aliphatic rings. The molecule has 0 saturated carbocycles. The minimum atomic E-state index is 0.0359. The first kappa shape index (κ1) is 10.9. The quantitative estimate of drug-likeness (QED) is 0.757. The van der Waals surface area contributed by atoms with Gasteiger partial charge >= 0.3 is 0 Å². The van der Waals surface area contributed by atoms with Crippen LogP contribution in [-0.4, -0.2) is 40.5 Å². The standard InChI is InChI=1S/C11H15N3O2/c1-9-6-10(13-8-12-9)16-7-11(15)14-4-2-3-5-14/h6,8H,2-5,7H2,1H3. The smallest absolute Gasteiger partial charge is 0.260 e. The zero-order valence-corrected chi connectivity index (χ0v) is 9.35. The van der Waals surface area contributed by atoms with Crippen molar-refractivity contribution >= 4 is 5.91 Å². The van der Waals surface area contributed by atoms with Crippen molar-refractivity contribution in [3.8, 4) is 5.88 Å². The maximum absolute atomic E-state index is 11.7. The lowest BCUT2D eigenvalue weighted by Gasteiger charge is -2.15. The average molecular weight is 221 g/mol. The van der Waals surface area contributed by atoms with Gasteiger partial charge in [-0.15, -0.1) is 0 Å². The van der Waals surface area contributed by atoms with Gasteiger partial charge in [0.15, 0.2) is 6.61 Å². The predicted octanol–water partition coefficient (Wildman–Crippen LogP) is 0.786. The molecule has 0 aromatic carbocycles. The first-order valence-corrected chi connectivity index (χ1v) is 5.45. The van der Waals surface area contributed by atoms with Gasteiger partial charge < -0.3 is 9.64 Å². The van der Waals surface area contributed by atoms with E-state index in [0.717, 1.165) is 31.6 Å². The van der Waals surface area contributed by atoms with Crippen LogP contribution in [-0.2, 0) is 4.79 Å². The van der Waals surface area contributed by atoms with E-state index in [1.54, 1.807) is 6.07 Å². The van der Waals surface area contributed by atoms with Crippen LogP contribution in [0.25, 0.3) is 0 Å². The van der Waals surface area contributed by atoms with Crippen LogP contribution in [0.4, 0.5) is 0 Å². The number of carbonyl (C=O) groups excluding carboxylic acids is 1. The SMILES string of the molecule is Cc1cc(OCC(=O)N2CCCC2)ncn1. The second kappa shape index (κ2) is 4.92. The predicted molar refractivity (Wildman–Crippen MR) is 58.1 cm³/mol. The number of aromatic nitrogens is 2. The molecule has 0 bridgehead atoms. The number of likely N-dealkylation sites (tertiary alicyclic amines) is 1. The molecule has 0 radical (unpaired) electrons. The Balaban J connectivity index is 1.84. The highest BCUT2D eigenvalue weighted by Gasteiger charge is 2.18. The second-order valence-corrected chi connectivity index (χ2v) is 3.87. The second-order valence-electron chi connectivity index (χ2n) is 3.87. The number of hydrogen-bond donors (Lipinski definition) is 0. The van der Waals surface area contributed by atoms with Crippen LogP contribution in [0.5, 0.6) is 5.88 Å². The molecular formula is C11H15N3O2. The van der Waals surface area contributed by atoms with E-state index < -0.39 is 0 Å². The van der Waals surface area contributed by atoms with Crippen molar-refractivity contribution in [3.05, 3.63) is 18.1 Å². The van der Waals surface area contributed by atoms with Crippen molar-refractivity contribution in [2.45, 2.75) is 19.8 Å². The summed E-state index contributed by atoms with van der Waals surface area (Å²) < 4.78 is 5.32. The Bertz CT molecular complexity index is 375. The van der Waals surface area contributed by atoms with Crippen LogP contribution >= 0.6 is 0 Å². The van der Waals surface area contributed by atoms with Gasteiger partial charge in [-0.1, -0.05) is 0 Å². The van der Waals surface area contributed by atoms with Gasteiger partial charge in [0, 0.05) is 24.8 Å². The Hall–Kier alpha value is -1.65. The fourth-order valence-electron chi connectivity index (χ4n) is 1.70. The van der Waals surface area contributed by atoms with Gasteiger partial charge in [0.25, 0.3) is 5.91 Å². The van der Waals surface area contributed by atoms with E-state index in [4.69, 9.17) is 4.74 Å². The van der Waals surface area contributed by atoms with E-state index in [1.165, 1.54) is 6.33 Å². The van der Waals surface area contributed by atoms with E-state index in [1.807, 2.05) is 11.8 Å². The Morgan fingerprint density at radius 2 is 2.19 bits per heavy atom. The van der Waals surface area contributed by atoms with Crippen molar-refractivity contribution in [1.29, 1.82) is 0 Å². The molecule has 0 unspecified atom stereocenters. The molecule has 2 heterocycles. The lowest BCUT2D eigenvalue weighted by atomic mass is 10.4. The lowest BCUT2D eigenvalue weighted by molar-refractivity contribution is -0.132. The first-order chi connectivity index (χ1) is 7.75. The van der Waals surface area contributed by atoms with Crippen LogP contribution in [0.15, 0.2) is 12.4 Å². The molecule has 1 amide bonds. The van der Waals surface area contributed by atoms with Crippen molar-refractivity contribution in [2.24, 2.45) is 0 Å². The summed E-state index contributed by atoms with van der Waals surface area (Å²) >= 11 is 0. The molecule has 5 heteroatoms. The number of rotatable bonds is 3. The topological polar surface area (TPSA) is 55.3 Å². The summed E-state index contributed by atoms with van der Waals surface area (Å²) in [4.78, 5) is 21.4. The van der Waals surface area contributed by atoms with E-state index in [9.17, 15) is 4.79 Å². The highest BCUT2D eigenvalue weighted by Crippen LogP contribution is 2.09. The molecular weight excluding hydrogens is 206 g/mol. The minimum absolute atomic E-state index is 0.0359. The maximum atomic E-state index is 11.7. The number of nitrogens with zero attached hydrogens (tertiary/aromatic N) is 3. The minimum Gasteiger partial charge on any atom is -0.467 e. The van der Waals surface area contributed by atoms with Crippen LogP contribution in [0.3, 0.4) is 0 Å². The molecule has 1 aromatic heterocycles. The molecule has 0 N–H and O–H groups in total. The van der Waals surface area contributed by atoms with Gasteiger partial charge in [0.05, 0.1) is 0 Å². The molecule has 2 rings (SSSR count). The molecule has 1 aliphatic heterocycles. The summed E-state index contributed by atoms with van der Waals surface area (Å²) in [5.74, 6) is 0.494. The number of ether oxygens (including phenoxy) is 1.